The first-order valence-corrected chi connectivity index (χ1v) is 6.59. The first-order valence-electron chi connectivity index (χ1n) is 6.21. The number of ether oxygens (including phenoxy) is 2. The predicted octanol–water partition coefficient (Wildman–Crippen LogP) is 3.13. The quantitative estimate of drug-likeness (QED) is 0.917. The van der Waals surface area contributed by atoms with Crippen LogP contribution in [0.2, 0.25) is 5.02 Å². The fourth-order valence-corrected chi connectivity index (χ4v) is 2.89. The van der Waals surface area contributed by atoms with Gasteiger partial charge in [-0.3, -0.25) is 0 Å². The molecule has 1 aromatic rings. The van der Waals surface area contributed by atoms with E-state index >= 15 is 0 Å². The lowest BCUT2D eigenvalue weighted by atomic mass is 9.77. The summed E-state index contributed by atoms with van der Waals surface area (Å²) in [5.41, 5.74) is -0.125. The van der Waals surface area contributed by atoms with Gasteiger partial charge >= 0.3 is 0 Å². The third-order valence-electron chi connectivity index (χ3n) is 3.74. The van der Waals surface area contributed by atoms with Crippen LogP contribution in [0, 0.1) is 0 Å². The molecule has 1 N–H and O–H groups in total. The summed E-state index contributed by atoms with van der Waals surface area (Å²) >= 11 is 6.01. The Hall–Kier alpha value is -0.770. The van der Waals surface area contributed by atoms with E-state index < -0.39 is 5.60 Å². The predicted molar refractivity (Wildman–Crippen MR) is 71.2 cm³/mol. The van der Waals surface area contributed by atoms with E-state index in [4.69, 9.17) is 21.1 Å². The van der Waals surface area contributed by atoms with Crippen molar-refractivity contribution in [2.45, 2.75) is 37.4 Å². The smallest absolute Gasteiger partial charge is 0.137 e. The molecule has 1 aromatic carbocycles. The molecule has 100 valence electrons. The van der Waals surface area contributed by atoms with Crippen molar-refractivity contribution in [3.05, 3.63) is 28.8 Å². The standard InChI is InChI=1S/C14H19ClO3/c1-17-12-9-10(6-7-11(12)15)14(16)8-4-3-5-13(14)18-2/h6-7,9,13,16H,3-5,8H2,1-2H3. The van der Waals surface area contributed by atoms with Crippen molar-refractivity contribution in [3.8, 4) is 5.75 Å². The summed E-state index contributed by atoms with van der Waals surface area (Å²) in [6.07, 6.45) is 3.50. The molecule has 1 saturated carbocycles. The molecule has 0 spiro atoms. The Labute approximate surface area is 113 Å². The molecule has 0 bridgehead atoms. The molecule has 1 fully saturated rings. The van der Waals surface area contributed by atoms with Crippen LogP contribution >= 0.6 is 11.6 Å². The molecule has 2 atom stereocenters. The number of hydrogen-bond acceptors (Lipinski definition) is 3. The highest BCUT2D eigenvalue weighted by Crippen LogP contribution is 2.41. The molecule has 1 aliphatic rings. The van der Waals surface area contributed by atoms with Gasteiger partial charge in [0.2, 0.25) is 0 Å². The molecule has 2 unspecified atom stereocenters. The summed E-state index contributed by atoms with van der Waals surface area (Å²) < 4.78 is 10.6. The zero-order valence-electron chi connectivity index (χ0n) is 10.8. The highest BCUT2D eigenvalue weighted by atomic mass is 35.5. The van der Waals surface area contributed by atoms with Crippen LogP contribution in [0.5, 0.6) is 5.75 Å². The van der Waals surface area contributed by atoms with Gasteiger partial charge in [0.05, 0.1) is 18.2 Å². The lowest BCUT2D eigenvalue weighted by Crippen LogP contribution is -2.43. The Morgan fingerprint density at radius 2 is 2.11 bits per heavy atom. The third-order valence-corrected chi connectivity index (χ3v) is 4.05. The van der Waals surface area contributed by atoms with Gasteiger partial charge < -0.3 is 14.6 Å². The minimum atomic E-state index is -0.940. The molecule has 0 aliphatic heterocycles. The van der Waals surface area contributed by atoms with Crippen LogP contribution in [0.3, 0.4) is 0 Å². The van der Waals surface area contributed by atoms with Gasteiger partial charge in [0.1, 0.15) is 11.4 Å². The number of hydrogen-bond donors (Lipinski definition) is 1. The van der Waals surface area contributed by atoms with Gasteiger partial charge in [-0.2, -0.15) is 0 Å². The topological polar surface area (TPSA) is 38.7 Å². The molecular weight excluding hydrogens is 252 g/mol. The maximum absolute atomic E-state index is 10.9. The van der Waals surface area contributed by atoms with Crippen LogP contribution < -0.4 is 4.74 Å². The van der Waals surface area contributed by atoms with Crippen LogP contribution in [0.1, 0.15) is 31.2 Å². The monoisotopic (exact) mass is 270 g/mol. The van der Waals surface area contributed by atoms with Crippen molar-refractivity contribution >= 4 is 11.6 Å². The Bertz CT molecular complexity index is 422. The summed E-state index contributed by atoms with van der Waals surface area (Å²) in [6.45, 7) is 0. The van der Waals surface area contributed by atoms with Gasteiger partial charge in [-0.05, 0) is 30.5 Å². The van der Waals surface area contributed by atoms with Crippen LogP contribution in [0.25, 0.3) is 0 Å². The summed E-state index contributed by atoms with van der Waals surface area (Å²) in [5.74, 6) is 0.586. The van der Waals surface area contributed by atoms with Crippen LogP contribution in [0.15, 0.2) is 18.2 Å². The maximum atomic E-state index is 10.9. The molecule has 4 heteroatoms. The van der Waals surface area contributed by atoms with Crippen molar-refractivity contribution in [2.24, 2.45) is 0 Å². The molecule has 0 amide bonds. The molecule has 0 heterocycles. The van der Waals surface area contributed by atoms with Crippen molar-refractivity contribution in [3.63, 3.8) is 0 Å². The van der Waals surface area contributed by atoms with Crippen LogP contribution in [-0.2, 0) is 10.3 Å². The second-order valence-corrected chi connectivity index (χ2v) is 5.15. The van der Waals surface area contributed by atoms with Gasteiger partial charge in [-0.1, -0.05) is 30.5 Å². The molecule has 1 aliphatic carbocycles. The maximum Gasteiger partial charge on any atom is 0.137 e. The minimum Gasteiger partial charge on any atom is -0.495 e. The number of benzene rings is 1. The summed E-state index contributed by atoms with van der Waals surface area (Å²) in [6, 6.07) is 5.41. The largest absolute Gasteiger partial charge is 0.495 e. The van der Waals surface area contributed by atoms with E-state index in [9.17, 15) is 5.11 Å². The van der Waals surface area contributed by atoms with Gasteiger partial charge in [0.25, 0.3) is 0 Å². The second-order valence-electron chi connectivity index (χ2n) is 4.74. The number of halogens is 1. The van der Waals surface area contributed by atoms with E-state index in [-0.39, 0.29) is 6.10 Å². The molecule has 0 aromatic heterocycles. The lowest BCUT2D eigenvalue weighted by Gasteiger charge is -2.39. The molecule has 0 radical (unpaired) electrons. The van der Waals surface area contributed by atoms with Gasteiger partial charge in [0.15, 0.2) is 0 Å². The van der Waals surface area contributed by atoms with E-state index in [0.717, 1.165) is 24.8 Å². The van der Waals surface area contributed by atoms with E-state index in [1.807, 2.05) is 6.07 Å². The zero-order valence-corrected chi connectivity index (χ0v) is 11.5. The number of methoxy groups -OCH3 is 2. The van der Waals surface area contributed by atoms with E-state index in [1.54, 1.807) is 26.4 Å². The first-order chi connectivity index (χ1) is 8.61. The highest BCUT2D eigenvalue weighted by Gasteiger charge is 2.41. The minimum absolute atomic E-state index is 0.169. The van der Waals surface area contributed by atoms with Crippen molar-refractivity contribution in [2.75, 3.05) is 14.2 Å². The highest BCUT2D eigenvalue weighted by molar-refractivity contribution is 6.32. The molecule has 18 heavy (non-hydrogen) atoms. The van der Waals surface area contributed by atoms with Crippen molar-refractivity contribution in [1.82, 2.24) is 0 Å². The molecule has 3 nitrogen and oxygen atoms in total. The van der Waals surface area contributed by atoms with Crippen LogP contribution in [0.4, 0.5) is 0 Å². The number of aliphatic hydroxyl groups is 1. The van der Waals surface area contributed by atoms with Crippen molar-refractivity contribution < 1.29 is 14.6 Å². The van der Waals surface area contributed by atoms with E-state index in [0.29, 0.717) is 17.2 Å². The summed E-state index contributed by atoms with van der Waals surface area (Å²) in [5, 5.41) is 11.4. The molecule has 2 rings (SSSR count). The first kappa shape index (κ1) is 13.7. The van der Waals surface area contributed by atoms with E-state index in [2.05, 4.69) is 0 Å². The lowest BCUT2D eigenvalue weighted by molar-refractivity contribution is -0.122. The van der Waals surface area contributed by atoms with Gasteiger partial charge in [0, 0.05) is 7.11 Å². The summed E-state index contributed by atoms with van der Waals surface area (Å²) in [7, 11) is 3.22. The normalized spacial score (nSPS) is 28.1. The SMILES string of the molecule is COc1cc(C2(O)CCCCC2OC)ccc1Cl. The van der Waals surface area contributed by atoms with Crippen LogP contribution in [-0.4, -0.2) is 25.4 Å². The average molecular weight is 271 g/mol. The Morgan fingerprint density at radius 1 is 1.33 bits per heavy atom. The third kappa shape index (κ3) is 2.35. The average Bonchev–Trinajstić information content (AvgIpc) is 2.39. The zero-order chi connectivity index (χ0) is 13.2. The Morgan fingerprint density at radius 3 is 2.78 bits per heavy atom. The Balaban J connectivity index is 2.38. The fraction of sp³-hybridized carbons (Fsp3) is 0.571. The second kappa shape index (κ2) is 5.47. The Kier molecular flexibility index (Phi) is 4.15. The molecule has 0 saturated heterocycles. The van der Waals surface area contributed by atoms with Gasteiger partial charge in [-0.15, -0.1) is 0 Å². The van der Waals surface area contributed by atoms with Crippen molar-refractivity contribution in [1.29, 1.82) is 0 Å². The fourth-order valence-electron chi connectivity index (χ4n) is 2.70. The number of rotatable bonds is 3. The summed E-state index contributed by atoms with van der Waals surface area (Å²) in [4.78, 5) is 0. The van der Waals surface area contributed by atoms with Gasteiger partial charge in [-0.25, -0.2) is 0 Å². The van der Waals surface area contributed by atoms with E-state index in [1.165, 1.54) is 0 Å². The molecular formula is C14H19ClO3.